The van der Waals surface area contributed by atoms with Gasteiger partial charge in [0, 0.05) is 18.7 Å². The summed E-state index contributed by atoms with van der Waals surface area (Å²) in [5.41, 5.74) is 5.47. The number of alkyl carbamates (subject to hydrolysis) is 1. The van der Waals surface area contributed by atoms with E-state index in [1.54, 1.807) is 12.1 Å². The van der Waals surface area contributed by atoms with Crippen LogP contribution in [0.15, 0.2) is 30.3 Å². The third-order valence-electron chi connectivity index (χ3n) is 1.75. The molecule has 0 aliphatic rings. The highest BCUT2D eigenvalue weighted by atomic mass is 16.6. The monoisotopic (exact) mass is 266 g/mol. The van der Waals surface area contributed by atoms with Crippen molar-refractivity contribution in [1.29, 1.82) is 0 Å². The Hall–Kier alpha value is -1.88. The summed E-state index contributed by atoms with van der Waals surface area (Å²) in [5.74, 6) is 0. The average Bonchev–Trinajstić information content (AvgIpc) is 2.36. The van der Waals surface area contributed by atoms with Crippen LogP contribution in [0, 0.1) is 0 Å². The second-order valence-corrected chi connectivity index (χ2v) is 4.75. The molecule has 0 aromatic heterocycles. The molecule has 106 valence electrons. The van der Waals surface area contributed by atoms with Gasteiger partial charge in [0.1, 0.15) is 11.9 Å². The van der Waals surface area contributed by atoms with Crippen molar-refractivity contribution in [1.82, 2.24) is 5.32 Å². The summed E-state index contributed by atoms with van der Waals surface area (Å²) in [5, 5.41) is 2.50. The number of rotatable bonds is 3. The van der Waals surface area contributed by atoms with Crippen molar-refractivity contribution in [3.8, 4) is 0 Å². The molecule has 0 aliphatic carbocycles. The van der Waals surface area contributed by atoms with Crippen LogP contribution in [0.25, 0.3) is 0 Å². The normalized spacial score (nSPS) is 9.89. The smallest absolute Gasteiger partial charge is 0.407 e. The van der Waals surface area contributed by atoms with Crippen LogP contribution < -0.4 is 11.1 Å². The van der Waals surface area contributed by atoms with Crippen LogP contribution >= 0.6 is 0 Å². The van der Waals surface area contributed by atoms with E-state index in [0.29, 0.717) is 13.1 Å². The number of aldehydes is 1. The summed E-state index contributed by atoms with van der Waals surface area (Å²) < 4.78 is 4.93. The molecule has 3 N–H and O–H groups in total. The van der Waals surface area contributed by atoms with E-state index in [4.69, 9.17) is 10.5 Å². The van der Waals surface area contributed by atoms with Crippen LogP contribution in [0.1, 0.15) is 31.1 Å². The van der Waals surface area contributed by atoms with Crippen LogP contribution in [-0.4, -0.2) is 31.1 Å². The van der Waals surface area contributed by atoms with Crippen LogP contribution in [-0.2, 0) is 4.74 Å². The molecule has 0 bridgehead atoms. The van der Waals surface area contributed by atoms with E-state index in [-0.39, 0.29) is 0 Å². The zero-order valence-corrected chi connectivity index (χ0v) is 11.7. The summed E-state index contributed by atoms with van der Waals surface area (Å²) >= 11 is 0. The third kappa shape index (κ3) is 11.0. The highest BCUT2D eigenvalue weighted by molar-refractivity contribution is 5.74. The number of hydrogen-bond acceptors (Lipinski definition) is 4. The standard InChI is InChI=1S/C7H16N2O2.C7H6O/c1-7(2,3)11-6(10)9-5-4-8;8-6-7-4-2-1-3-5-7/h4-5,8H2,1-3H3,(H,9,10);1-6H. The van der Waals surface area contributed by atoms with Crippen molar-refractivity contribution >= 4 is 12.4 Å². The minimum Gasteiger partial charge on any atom is -0.444 e. The zero-order valence-electron chi connectivity index (χ0n) is 11.7. The summed E-state index contributed by atoms with van der Waals surface area (Å²) in [4.78, 5) is 20.8. The van der Waals surface area contributed by atoms with Gasteiger partial charge < -0.3 is 15.8 Å². The van der Waals surface area contributed by atoms with Crippen LogP contribution in [0.4, 0.5) is 4.79 Å². The molecule has 0 saturated heterocycles. The highest BCUT2D eigenvalue weighted by Crippen LogP contribution is 2.05. The van der Waals surface area contributed by atoms with Gasteiger partial charge in [0.15, 0.2) is 0 Å². The molecule has 1 amide bonds. The Morgan fingerprint density at radius 1 is 1.32 bits per heavy atom. The van der Waals surface area contributed by atoms with Gasteiger partial charge in [-0.1, -0.05) is 30.3 Å². The molecule has 1 rings (SSSR count). The van der Waals surface area contributed by atoms with Crippen molar-refractivity contribution < 1.29 is 14.3 Å². The van der Waals surface area contributed by atoms with Gasteiger partial charge in [-0.3, -0.25) is 4.79 Å². The Morgan fingerprint density at radius 3 is 2.26 bits per heavy atom. The van der Waals surface area contributed by atoms with Crippen LogP contribution in [0.5, 0.6) is 0 Å². The molecule has 19 heavy (non-hydrogen) atoms. The molecule has 1 aromatic carbocycles. The third-order valence-corrected chi connectivity index (χ3v) is 1.75. The molecule has 5 nitrogen and oxygen atoms in total. The molecule has 0 aliphatic heterocycles. The number of carbonyl (C=O) groups is 2. The Bertz CT molecular complexity index is 372. The molecule has 0 heterocycles. The van der Waals surface area contributed by atoms with E-state index in [0.717, 1.165) is 11.8 Å². The number of nitrogens with one attached hydrogen (secondary N) is 1. The highest BCUT2D eigenvalue weighted by Gasteiger charge is 2.14. The van der Waals surface area contributed by atoms with Gasteiger partial charge in [-0.05, 0) is 20.8 Å². The van der Waals surface area contributed by atoms with Crippen molar-refractivity contribution in [3.05, 3.63) is 35.9 Å². The van der Waals surface area contributed by atoms with Crippen molar-refractivity contribution in [2.75, 3.05) is 13.1 Å². The molecule has 1 aromatic rings. The fourth-order valence-corrected chi connectivity index (χ4v) is 1.02. The fourth-order valence-electron chi connectivity index (χ4n) is 1.02. The SMILES string of the molecule is CC(C)(C)OC(=O)NCCN.O=Cc1ccccc1. The van der Waals surface area contributed by atoms with Crippen molar-refractivity contribution in [3.63, 3.8) is 0 Å². The largest absolute Gasteiger partial charge is 0.444 e. The molecule has 0 fully saturated rings. The Balaban J connectivity index is 0.000000356. The van der Waals surface area contributed by atoms with Gasteiger partial charge in [0.05, 0.1) is 0 Å². The number of hydrogen-bond donors (Lipinski definition) is 2. The van der Waals surface area contributed by atoms with Gasteiger partial charge >= 0.3 is 6.09 Å². The van der Waals surface area contributed by atoms with E-state index in [9.17, 15) is 9.59 Å². The molecule has 0 radical (unpaired) electrons. The quantitative estimate of drug-likeness (QED) is 0.819. The van der Waals surface area contributed by atoms with E-state index in [1.807, 2.05) is 39.0 Å². The molecular formula is C14H22N2O3. The van der Waals surface area contributed by atoms with Crippen molar-refractivity contribution in [2.24, 2.45) is 5.73 Å². The number of nitrogens with two attached hydrogens (primary N) is 1. The summed E-state index contributed by atoms with van der Waals surface area (Å²) in [7, 11) is 0. The van der Waals surface area contributed by atoms with Crippen molar-refractivity contribution in [2.45, 2.75) is 26.4 Å². The fraction of sp³-hybridized carbons (Fsp3) is 0.429. The van der Waals surface area contributed by atoms with E-state index < -0.39 is 11.7 Å². The maximum atomic E-state index is 10.8. The topological polar surface area (TPSA) is 81.4 Å². The first-order valence-electron chi connectivity index (χ1n) is 6.06. The molecule has 0 spiro atoms. The summed E-state index contributed by atoms with van der Waals surface area (Å²) in [6, 6.07) is 9.10. The number of ether oxygens (including phenoxy) is 1. The van der Waals surface area contributed by atoms with Gasteiger partial charge in [0.25, 0.3) is 0 Å². The maximum Gasteiger partial charge on any atom is 0.407 e. The summed E-state index contributed by atoms with van der Waals surface area (Å²) in [6.45, 7) is 6.33. The number of carbonyl (C=O) groups excluding carboxylic acids is 2. The first-order valence-corrected chi connectivity index (χ1v) is 6.06. The predicted octanol–water partition coefficient (Wildman–Crippen LogP) is 1.97. The maximum absolute atomic E-state index is 10.8. The predicted molar refractivity (Wildman–Crippen MR) is 75.1 cm³/mol. The van der Waals surface area contributed by atoms with E-state index in [2.05, 4.69) is 5.32 Å². The average molecular weight is 266 g/mol. The molecule has 0 unspecified atom stereocenters. The number of amides is 1. The second kappa shape index (κ2) is 9.10. The second-order valence-electron chi connectivity index (χ2n) is 4.75. The van der Waals surface area contributed by atoms with Gasteiger partial charge in [-0.2, -0.15) is 0 Å². The minimum absolute atomic E-state index is 0.414. The Kier molecular flexibility index (Phi) is 8.20. The van der Waals surface area contributed by atoms with Crippen LogP contribution in [0.3, 0.4) is 0 Å². The van der Waals surface area contributed by atoms with Crippen LogP contribution in [0.2, 0.25) is 0 Å². The zero-order chi connectivity index (χ0) is 14.7. The molecular weight excluding hydrogens is 244 g/mol. The molecule has 0 atom stereocenters. The molecule has 0 saturated carbocycles. The lowest BCUT2D eigenvalue weighted by atomic mass is 10.2. The Morgan fingerprint density at radius 2 is 1.89 bits per heavy atom. The van der Waals surface area contributed by atoms with Gasteiger partial charge in [0.2, 0.25) is 0 Å². The van der Waals surface area contributed by atoms with E-state index >= 15 is 0 Å². The molecule has 5 heteroatoms. The first-order chi connectivity index (χ1) is 8.89. The van der Waals surface area contributed by atoms with Gasteiger partial charge in [-0.25, -0.2) is 4.79 Å². The summed E-state index contributed by atoms with van der Waals surface area (Å²) in [6.07, 6.45) is 0.419. The number of benzene rings is 1. The Labute approximate surface area is 114 Å². The minimum atomic E-state index is -0.432. The lowest BCUT2D eigenvalue weighted by Gasteiger charge is -2.19. The first kappa shape index (κ1) is 17.1. The van der Waals surface area contributed by atoms with Gasteiger partial charge in [-0.15, -0.1) is 0 Å². The lowest BCUT2D eigenvalue weighted by Crippen LogP contribution is -2.35. The van der Waals surface area contributed by atoms with E-state index in [1.165, 1.54) is 0 Å². The lowest BCUT2D eigenvalue weighted by molar-refractivity contribution is 0.0529.